The van der Waals surface area contributed by atoms with Gasteiger partial charge in [0.2, 0.25) is 0 Å². The zero-order chi connectivity index (χ0) is 25.0. The fourth-order valence-corrected chi connectivity index (χ4v) is 4.16. The van der Waals surface area contributed by atoms with Crippen molar-refractivity contribution >= 4 is 11.6 Å². The predicted molar refractivity (Wildman–Crippen MR) is 126 cm³/mol. The van der Waals surface area contributed by atoms with Gasteiger partial charge in [0.1, 0.15) is 11.3 Å². The minimum Gasteiger partial charge on any atom is -0.375 e. The van der Waals surface area contributed by atoms with E-state index in [2.05, 4.69) is 10.2 Å². The fraction of sp³-hybridized carbons (Fsp3) is 0.308. The van der Waals surface area contributed by atoms with Crippen molar-refractivity contribution in [1.82, 2.24) is 10.3 Å². The van der Waals surface area contributed by atoms with E-state index >= 15 is 0 Å². The van der Waals surface area contributed by atoms with Crippen LogP contribution in [0.25, 0.3) is 0 Å². The van der Waals surface area contributed by atoms with Gasteiger partial charge < -0.3 is 19.9 Å². The molecule has 1 aliphatic heterocycles. The van der Waals surface area contributed by atoms with E-state index in [1.165, 1.54) is 0 Å². The maximum Gasteiger partial charge on any atom is 0.431 e. The summed E-state index contributed by atoms with van der Waals surface area (Å²) in [6, 6.07) is 17.1. The Labute approximate surface area is 200 Å². The van der Waals surface area contributed by atoms with Gasteiger partial charge in [0.25, 0.3) is 11.5 Å². The van der Waals surface area contributed by atoms with Crippen LogP contribution >= 0.6 is 0 Å². The van der Waals surface area contributed by atoms with Gasteiger partial charge in [-0.2, -0.15) is 13.2 Å². The average molecular weight is 486 g/mol. The molecule has 0 saturated carbocycles. The van der Waals surface area contributed by atoms with E-state index in [1.54, 1.807) is 4.98 Å². The molecule has 0 spiro atoms. The lowest BCUT2D eigenvalue weighted by Crippen LogP contribution is -2.40. The molecule has 0 aliphatic carbocycles. The number of halogens is 3. The van der Waals surface area contributed by atoms with Crippen molar-refractivity contribution in [3.8, 4) is 0 Å². The molecule has 1 amide bonds. The first-order valence-corrected chi connectivity index (χ1v) is 11.3. The number of nitrogens with zero attached hydrogens (tertiary/aromatic N) is 1. The van der Waals surface area contributed by atoms with Crippen LogP contribution in [0.5, 0.6) is 0 Å². The van der Waals surface area contributed by atoms with Gasteiger partial charge in [-0.15, -0.1) is 0 Å². The molecule has 2 heterocycles. The van der Waals surface area contributed by atoms with Crippen LogP contribution in [0.15, 0.2) is 65.5 Å². The Hall–Kier alpha value is -3.59. The first kappa shape index (κ1) is 24.5. The molecule has 3 aromatic rings. The van der Waals surface area contributed by atoms with Crippen molar-refractivity contribution in [1.29, 1.82) is 0 Å². The van der Waals surface area contributed by atoms with E-state index in [0.717, 1.165) is 28.4 Å². The van der Waals surface area contributed by atoms with E-state index in [1.807, 2.05) is 55.5 Å². The summed E-state index contributed by atoms with van der Waals surface area (Å²) in [6.45, 7) is 4.35. The highest BCUT2D eigenvalue weighted by Crippen LogP contribution is 2.34. The summed E-state index contributed by atoms with van der Waals surface area (Å²) < 4.78 is 44.3. The van der Waals surface area contributed by atoms with Crippen LogP contribution in [0, 0.1) is 6.92 Å². The van der Waals surface area contributed by atoms with Crippen molar-refractivity contribution in [2.24, 2.45) is 0 Å². The predicted octanol–water partition coefficient (Wildman–Crippen LogP) is 4.60. The van der Waals surface area contributed by atoms with Gasteiger partial charge >= 0.3 is 6.18 Å². The number of amides is 1. The monoisotopic (exact) mass is 485 g/mol. The largest absolute Gasteiger partial charge is 0.431 e. The number of aryl methyl sites for hydroxylation is 1. The second-order valence-electron chi connectivity index (χ2n) is 8.51. The molecule has 0 saturated heterocycles. The normalized spacial score (nSPS) is 15.5. The smallest absolute Gasteiger partial charge is 0.375 e. The maximum absolute atomic E-state index is 12.8. The van der Waals surface area contributed by atoms with Crippen LogP contribution in [0.3, 0.4) is 0 Å². The molecule has 184 valence electrons. The number of carbonyl (C=O) groups excluding carboxylic acids is 1. The lowest BCUT2D eigenvalue weighted by Gasteiger charge is -2.36. The lowest BCUT2D eigenvalue weighted by atomic mass is 9.94. The van der Waals surface area contributed by atoms with Crippen LogP contribution in [-0.2, 0) is 17.5 Å². The van der Waals surface area contributed by atoms with Crippen molar-refractivity contribution < 1.29 is 22.7 Å². The van der Waals surface area contributed by atoms with Gasteiger partial charge in [0, 0.05) is 18.8 Å². The molecule has 0 fully saturated rings. The molecule has 1 aliphatic rings. The van der Waals surface area contributed by atoms with E-state index in [-0.39, 0.29) is 11.6 Å². The van der Waals surface area contributed by atoms with Crippen molar-refractivity contribution in [3.05, 3.63) is 99.0 Å². The van der Waals surface area contributed by atoms with Crippen LogP contribution in [0.4, 0.5) is 18.9 Å². The number of anilines is 1. The molecule has 2 N–H and O–H groups in total. The van der Waals surface area contributed by atoms with E-state index in [9.17, 15) is 22.8 Å². The van der Waals surface area contributed by atoms with Crippen LogP contribution < -0.4 is 15.8 Å². The number of carbonyl (C=O) groups is 1. The third-order valence-electron chi connectivity index (χ3n) is 5.97. The van der Waals surface area contributed by atoms with Gasteiger partial charge in [-0.3, -0.25) is 9.59 Å². The third kappa shape index (κ3) is 5.92. The molecule has 0 bridgehead atoms. The van der Waals surface area contributed by atoms with Gasteiger partial charge in [-0.25, -0.2) is 0 Å². The highest BCUT2D eigenvalue weighted by atomic mass is 19.4. The number of hydrogen-bond acceptors (Lipinski definition) is 4. The summed E-state index contributed by atoms with van der Waals surface area (Å²) in [5, 5.41) is 2.82. The summed E-state index contributed by atoms with van der Waals surface area (Å²) in [5.74, 6) is -0.712. The quantitative estimate of drug-likeness (QED) is 0.480. The molecule has 1 atom stereocenters. The molecule has 1 unspecified atom stereocenters. The molecule has 1 aromatic heterocycles. The van der Waals surface area contributed by atoms with Gasteiger partial charge in [-0.05, 0) is 48.2 Å². The molecular formula is C26H26F3N3O3. The summed E-state index contributed by atoms with van der Waals surface area (Å²) in [7, 11) is 0. The fourth-order valence-electron chi connectivity index (χ4n) is 4.16. The van der Waals surface area contributed by atoms with E-state index in [4.69, 9.17) is 4.74 Å². The van der Waals surface area contributed by atoms with Crippen LogP contribution in [-0.4, -0.2) is 30.6 Å². The number of aromatic amines is 1. The molecule has 9 heteroatoms. The minimum atomic E-state index is -4.69. The average Bonchev–Trinajstić information content (AvgIpc) is 2.82. The Bertz CT molecular complexity index is 1240. The molecule has 4 rings (SSSR count). The number of nitrogens with one attached hydrogen (secondary N) is 2. The number of hydrogen-bond donors (Lipinski definition) is 2. The van der Waals surface area contributed by atoms with E-state index < -0.39 is 23.3 Å². The second-order valence-corrected chi connectivity index (χ2v) is 8.51. The number of pyridine rings is 1. The summed E-state index contributed by atoms with van der Waals surface area (Å²) in [5.41, 5.74) is 1.39. The number of H-pyrrole nitrogens is 1. The first-order valence-electron chi connectivity index (χ1n) is 11.3. The molecule has 2 aromatic carbocycles. The third-order valence-corrected chi connectivity index (χ3v) is 5.97. The van der Waals surface area contributed by atoms with Gasteiger partial charge in [-0.1, -0.05) is 42.5 Å². The summed E-state index contributed by atoms with van der Waals surface area (Å²) in [6.07, 6.45) is -4.11. The number of benzene rings is 2. The van der Waals surface area contributed by atoms with Crippen molar-refractivity contribution in [2.75, 3.05) is 24.6 Å². The number of rotatable bonds is 7. The highest BCUT2D eigenvalue weighted by Gasteiger charge is 2.33. The molecule has 6 nitrogen and oxygen atoms in total. The first-order chi connectivity index (χ1) is 16.7. The zero-order valence-corrected chi connectivity index (χ0v) is 19.2. The number of fused-ring (bicyclic) bond motifs is 1. The summed E-state index contributed by atoms with van der Waals surface area (Å²) in [4.78, 5) is 28.8. The van der Waals surface area contributed by atoms with Crippen molar-refractivity contribution in [2.45, 2.75) is 32.2 Å². The minimum absolute atomic E-state index is 0.358. The Morgan fingerprint density at radius 3 is 2.63 bits per heavy atom. The van der Waals surface area contributed by atoms with E-state index in [0.29, 0.717) is 38.8 Å². The molecule has 35 heavy (non-hydrogen) atoms. The Morgan fingerprint density at radius 1 is 1.14 bits per heavy atom. The second kappa shape index (κ2) is 10.4. The van der Waals surface area contributed by atoms with Gasteiger partial charge in [0.15, 0.2) is 0 Å². The Kier molecular flexibility index (Phi) is 7.25. The topological polar surface area (TPSA) is 74.4 Å². The maximum atomic E-state index is 12.8. The molecular weight excluding hydrogens is 459 g/mol. The Morgan fingerprint density at radius 2 is 1.91 bits per heavy atom. The number of alkyl halides is 3. The highest BCUT2D eigenvalue weighted by molar-refractivity contribution is 5.94. The standard InChI is InChI=1S/C26H26F3N3O3/c1-17-7-8-19-21(30-24(33)20-9-10-23(26(27,28)29)31-25(20)34)11-12-32(22(19)15-17)13-14-35-16-18-5-3-2-4-6-18/h2-10,15,21H,11-14,16H2,1H3,(H,30,33)(H,31,34). The lowest BCUT2D eigenvalue weighted by molar-refractivity contribution is -0.141. The zero-order valence-electron chi connectivity index (χ0n) is 19.2. The molecule has 0 radical (unpaired) electrons. The van der Waals surface area contributed by atoms with Crippen molar-refractivity contribution in [3.63, 3.8) is 0 Å². The van der Waals surface area contributed by atoms with Crippen LogP contribution in [0.2, 0.25) is 0 Å². The number of aromatic nitrogens is 1. The number of ether oxygens (including phenoxy) is 1. The summed E-state index contributed by atoms with van der Waals surface area (Å²) >= 11 is 0. The SMILES string of the molecule is Cc1ccc2c(c1)N(CCOCc1ccccc1)CCC2NC(=O)c1ccc(C(F)(F)F)[nH]c1=O. The van der Waals surface area contributed by atoms with Crippen LogP contribution in [0.1, 0.15) is 45.2 Å². The van der Waals surface area contributed by atoms with Gasteiger partial charge in [0.05, 0.1) is 19.3 Å². The Balaban J connectivity index is 1.44.